The number of H-pyrrole nitrogens is 1. The highest BCUT2D eigenvalue weighted by Gasteiger charge is 2.31. The third kappa shape index (κ3) is 3.33. The fraction of sp³-hybridized carbons (Fsp3) is 0.192. The Morgan fingerprint density at radius 2 is 1.76 bits per heavy atom. The van der Waals surface area contributed by atoms with E-state index in [-0.39, 0.29) is 16.6 Å². The molecule has 0 saturated carbocycles. The number of benzene rings is 1. The molecule has 3 aromatic heterocycles. The number of sulfone groups is 1. The molecule has 1 saturated heterocycles. The van der Waals surface area contributed by atoms with Gasteiger partial charge in [0, 0.05) is 55.0 Å². The second kappa shape index (κ2) is 7.92. The van der Waals surface area contributed by atoms with Crippen molar-refractivity contribution in [3.63, 3.8) is 0 Å². The molecule has 2 aliphatic rings. The van der Waals surface area contributed by atoms with Crippen LogP contribution in [0.15, 0.2) is 77.9 Å². The quantitative estimate of drug-likeness (QED) is 0.454. The Morgan fingerprint density at radius 1 is 0.941 bits per heavy atom. The molecule has 0 aliphatic carbocycles. The molecule has 1 fully saturated rings. The molecule has 7 nitrogen and oxygen atoms in total. The summed E-state index contributed by atoms with van der Waals surface area (Å²) in [6, 6.07) is 11.4. The highest BCUT2D eigenvalue weighted by molar-refractivity contribution is 7.90. The lowest BCUT2D eigenvalue weighted by atomic mass is 9.87. The Kier molecular flexibility index (Phi) is 4.84. The zero-order chi connectivity index (χ0) is 23.3. The van der Waals surface area contributed by atoms with Crippen molar-refractivity contribution < 1.29 is 13.2 Å². The molecule has 1 N–H and O–H groups in total. The Bertz CT molecular complexity index is 1580. The van der Waals surface area contributed by atoms with Gasteiger partial charge in [-0.15, -0.1) is 0 Å². The van der Waals surface area contributed by atoms with Crippen molar-refractivity contribution in [3.05, 3.63) is 95.2 Å². The van der Waals surface area contributed by atoms with Crippen LogP contribution < -0.4 is 0 Å². The number of carbonyl (C=O) groups is 1. The third-order valence-electron chi connectivity index (χ3n) is 6.73. The smallest absolute Gasteiger partial charge is 0.257 e. The van der Waals surface area contributed by atoms with Crippen molar-refractivity contribution >= 4 is 32.2 Å². The van der Waals surface area contributed by atoms with Crippen molar-refractivity contribution in [1.82, 2.24) is 19.9 Å². The van der Waals surface area contributed by atoms with Crippen LogP contribution in [-0.2, 0) is 15.6 Å². The topological polar surface area (TPSA) is 96.0 Å². The largest absolute Gasteiger partial charge is 0.360 e. The van der Waals surface area contributed by atoms with Gasteiger partial charge in [0.25, 0.3) is 5.91 Å². The number of likely N-dealkylation sites (tertiary alicyclic amines) is 1. The summed E-state index contributed by atoms with van der Waals surface area (Å²) in [5, 5.41) is 0.909. The number of hydrogen-bond acceptors (Lipinski definition) is 5. The molecule has 34 heavy (non-hydrogen) atoms. The first-order valence-corrected chi connectivity index (χ1v) is 12.9. The van der Waals surface area contributed by atoms with Gasteiger partial charge in [0.2, 0.25) is 0 Å². The van der Waals surface area contributed by atoms with E-state index >= 15 is 0 Å². The van der Waals surface area contributed by atoms with Gasteiger partial charge in [0.1, 0.15) is 0 Å². The van der Waals surface area contributed by atoms with Gasteiger partial charge in [-0.3, -0.25) is 14.8 Å². The minimum atomic E-state index is -3.51. The summed E-state index contributed by atoms with van der Waals surface area (Å²) in [5.41, 5.74) is 5.95. The van der Waals surface area contributed by atoms with Crippen LogP contribution in [0.25, 0.3) is 16.5 Å². The Hall–Kier alpha value is -3.78. The number of aromatic amines is 1. The Morgan fingerprint density at radius 3 is 2.62 bits per heavy atom. The fourth-order valence-electron chi connectivity index (χ4n) is 5.07. The van der Waals surface area contributed by atoms with E-state index in [1.54, 1.807) is 24.7 Å². The molecule has 1 aromatic carbocycles. The summed E-state index contributed by atoms with van der Waals surface area (Å²) in [6.45, 7) is 1.12. The normalized spacial score (nSPS) is 17.2. The molecule has 0 spiro atoms. The number of rotatable bonds is 1. The van der Waals surface area contributed by atoms with Gasteiger partial charge in [0.15, 0.2) is 9.84 Å². The number of nitrogens with one attached hydrogen (secondary N) is 1. The average molecular weight is 471 g/mol. The molecule has 6 rings (SSSR count). The first kappa shape index (κ1) is 20.8. The highest BCUT2D eigenvalue weighted by Crippen LogP contribution is 2.40. The first-order chi connectivity index (χ1) is 16.5. The maximum atomic E-state index is 13.3. The predicted molar refractivity (Wildman–Crippen MR) is 129 cm³/mol. The third-order valence-corrected chi connectivity index (χ3v) is 8.41. The van der Waals surface area contributed by atoms with E-state index in [2.05, 4.69) is 15.0 Å². The van der Waals surface area contributed by atoms with E-state index in [1.807, 2.05) is 41.4 Å². The molecule has 0 radical (unpaired) electrons. The number of aromatic nitrogens is 3. The molecule has 0 unspecified atom stereocenters. The molecule has 4 aromatic rings. The number of carbonyl (C=O) groups excluding carboxylic acids is 1. The number of fused-ring (bicyclic) bond motifs is 3. The lowest BCUT2D eigenvalue weighted by Crippen LogP contribution is -2.36. The molecule has 8 heteroatoms. The van der Waals surface area contributed by atoms with E-state index in [4.69, 9.17) is 0 Å². The lowest BCUT2D eigenvalue weighted by Gasteiger charge is -2.30. The maximum absolute atomic E-state index is 13.3. The second-order valence-electron chi connectivity index (χ2n) is 8.69. The average Bonchev–Trinajstić information content (AvgIpc) is 3.31. The molecular formula is C26H22N4O3S. The van der Waals surface area contributed by atoms with Crippen LogP contribution in [-0.4, -0.2) is 47.3 Å². The van der Waals surface area contributed by atoms with Crippen molar-refractivity contribution in [2.75, 3.05) is 13.1 Å². The number of nitrogens with zero attached hydrogens (tertiary/aromatic N) is 3. The Labute approximate surface area is 197 Å². The van der Waals surface area contributed by atoms with Crippen molar-refractivity contribution in [1.29, 1.82) is 0 Å². The molecule has 5 heterocycles. The maximum Gasteiger partial charge on any atom is 0.257 e. The first-order valence-electron chi connectivity index (χ1n) is 11.2. The minimum Gasteiger partial charge on any atom is -0.360 e. The number of pyridine rings is 2. The second-order valence-corrected chi connectivity index (χ2v) is 10.6. The molecular weight excluding hydrogens is 448 g/mol. The van der Waals surface area contributed by atoms with Crippen LogP contribution in [0.2, 0.25) is 0 Å². The van der Waals surface area contributed by atoms with E-state index in [0.717, 1.165) is 33.2 Å². The summed E-state index contributed by atoms with van der Waals surface area (Å²) in [4.78, 5) is 26.9. The van der Waals surface area contributed by atoms with Gasteiger partial charge in [-0.1, -0.05) is 29.8 Å². The van der Waals surface area contributed by atoms with Crippen molar-refractivity contribution in [2.45, 2.75) is 23.5 Å². The van der Waals surface area contributed by atoms with Gasteiger partial charge < -0.3 is 9.88 Å². The van der Waals surface area contributed by atoms with Crippen LogP contribution in [0.1, 0.15) is 39.9 Å². The van der Waals surface area contributed by atoms with Crippen LogP contribution >= 0.6 is 0 Å². The van der Waals surface area contributed by atoms with Crippen LogP contribution in [0.4, 0.5) is 0 Å². The van der Waals surface area contributed by atoms with Gasteiger partial charge >= 0.3 is 0 Å². The summed E-state index contributed by atoms with van der Waals surface area (Å²) in [5.74, 6) is -0.0887. The molecule has 0 bridgehead atoms. The van der Waals surface area contributed by atoms with Crippen LogP contribution in [0.3, 0.4) is 0 Å². The van der Waals surface area contributed by atoms with Gasteiger partial charge in [-0.05, 0) is 41.7 Å². The number of piperidine rings is 1. The summed E-state index contributed by atoms with van der Waals surface area (Å²) < 4.78 is 26.3. The Balaban J connectivity index is 1.39. The minimum absolute atomic E-state index is 0.0435. The molecule has 170 valence electrons. The van der Waals surface area contributed by atoms with Gasteiger partial charge in [0.05, 0.1) is 21.7 Å². The zero-order valence-corrected chi connectivity index (χ0v) is 19.2. The highest BCUT2D eigenvalue weighted by atomic mass is 32.2. The summed E-state index contributed by atoms with van der Waals surface area (Å²) >= 11 is 0. The molecule has 0 atom stereocenters. The monoisotopic (exact) mass is 470 g/mol. The number of hydrogen-bond donors (Lipinski definition) is 1. The molecule has 1 amide bonds. The fourth-order valence-corrected chi connectivity index (χ4v) is 6.62. The van der Waals surface area contributed by atoms with Crippen molar-refractivity contribution in [2.24, 2.45) is 0 Å². The SMILES string of the molecule is O=C(c1cncc2cc[nH]c12)N1CCC(=C2c3ccccc3CS(=O)(=O)c3cnccc32)CC1. The summed E-state index contributed by atoms with van der Waals surface area (Å²) in [6.07, 6.45) is 9.61. The van der Waals surface area contributed by atoms with Gasteiger partial charge in [-0.25, -0.2) is 8.42 Å². The number of amides is 1. The van der Waals surface area contributed by atoms with E-state index < -0.39 is 9.84 Å². The van der Waals surface area contributed by atoms with Gasteiger partial charge in [-0.2, -0.15) is 0 Å². The molecule has 2 aliphatic heterocycles. The van der Waals surface area contributed by atoms with E-state index in [9.17, 15) is 13.2 Å². The van der Waals surface area contributed by atoms with E-state index in [0.29, 0.717) is 37.1 Å². The van der Waals surface area contributed by atoms with Crippen LogP contribution in [0.5, 0.6) is 0 Å². The lowest BCUT2D eigenvalue weighted by molar-refractivity contribution is 0.0745. The zero-order valence-electron chi connectivity index (χ0n) is 18.4. The van der Waals surface area contributed by atoms with Crippen molar-refractivity contribution in [3.8, 4) is 0 Å². The van der Waals surface area contributed by atoms with E-state index in [1.165, 1.54) is 6.20 Å². The standard InChI is InChI=1S/C26H22N4O3S/c31-26(22-14-28-13-18-5-10-29-25(18)22)30-11-7-17(8-12-30)24-20-4-2-1-3-19(20)16-34(32,33)23-15-27-9-6-21(23)24/h1-6,9-10,13-15,29H,7-8,11-12,16H2. The predicted octanol–water partition coefficient (Wildman–Crippen LogP) is 3.98. The summed E-state index contributed by atoms with van der Waals surface area (Å²) in [7, 11) is -3.51. The van der Waals surface area contributed by atoms with Crippen LogP contribution in [0, 0.1) is 0 Å².